The predicted octanol–water partition coefficient (Wildman–Crippen LogP) is 0.964. The molecule has 1 saturated heterocycles. The van der Waals surface area contributed by atoms with Crippen LogP contribution < -0.4 is 0 Å². The summed E-state index contributed by atoms with van der Waals surface area (Å²) in [6.07, 6.45) is 2.21. The van der Waals surface area contributed by atoms with Crippen LogP contribution in [-0.2, 0) is 14.3 Å². The van der Waals surface area contributed by atoms with Gasteiger partial charge in [0.1, 0.15) is 0 Å². The van der Waals surface area contributed by atoms with Crippen molar-refractivity contribution in [2.75, 3.05) is 19.8 Å². The van der Waals surface area contributed by atoms with Gasteiger partial charge in [0.25, 0.3) is 0 Å². The molecule has 1 fully saturated rings. The molecule has 0 radical (unpaired) electrons. The Kier molecular flexibility index (Phi) is 6.18. The number of aliphatic hydroxyl groups is 1. The van der Waals surface area contributed by atoms with Crippen LogP contribution in [0.25, 0.3) is 0 Å². The van der Waals surface area contributed by atoms with Gasteiger partial charge < -0.3 is 19.7 Å². The van der Waals surface area contributed by atoms with Gasteiger partial charge in [-0.25, -0.2) is 4.79 Å². The van der Waals surface area contributed by atoms with E-state index in [0.717, 1.165) is 19.4 Å². The van der Waals surface area contributed by atoms with Gasteiger partial charge in [0, 0.05) is 12.2 Å². The molecular weight excluding hydrogens is 224 g/mol. The SMILES string of the molecule is C=C(CCC(O)COCC1CCCO1)C(=O)O. The second kappa shape index (κ2) is 7.42. The van der Waals surface area contributed by atoms with Gasteiger partial charge in [0.05, 0.1) is 25.4 Å². The lowest BCUT2D eigenvalue weighted by Crippen LogP contribution is -2.21. The molecule has 0 aromatic rings. The van der Waals surface area contributed by atoms with E-state index in [0.29, 0.717) is 13.0 Å². The van der Waals surface area contributed by atoms with Crippen LogP contribution in [0.1, 0.15) is 25.7 Å². The van der Waals surface area contributed by atoms with Crippen LogP contribution in [0.15, 0.2) is 12.2 Å². The number of ether oxygens (including phenoxy) is 2. The summed E-state index contributed by atoms with van der Waals surface area (Å²) < 4.78 is 10.7. The first-order chi connectivity index (χ1) is 8.09. The van der Waals surface area contributed by atoms with Crippen LogP contribution in [-0.4, -0.2) is 48.2 Å². The molecule has 0 aliphatic carbocycles. The number of aliphatic hydroxyl groups excluding tert-OH is 1. The van der Waals surface area contributed by atoms with Crippen molar-refractivity contribution in [2.24, 2.45) is 0 Å². The molecule has 0 aromatic heterocycles. The maximum absolute atomic E-state index is 10.5. The normalized spacial score (nSPS) is 21.4. The van der Waals surface area contributed by atoms with Gasteiger partial charge in [-0.15, -0.1) is 0 Å². The Hall–Kier alpha value is -0.910. The van der Waals surface area contributed by atoms with Gasteiger partial charge in [-0.3, -0.25) is 0 Å². The van der Waals surface area contributed by atoms with Gasteiger partial charge in [0.15, 0.2) is 0 Å². The van der Waals surface area contributed by atoms with E-state index in [1.165, 1.54) is 0 Å². The summed E-state index contributed by atoms with van der Waals surface area (Å²) in [5.41, 5.74) is 0.114. The topological polar surface area (TPSA) is 76.0 Å². The molecule has 1 rings (SSSR count). The molecule has 0 bridgehead atoms. The number of hydrogen-bond donors (Lipinski definition) is 2. The van der Waals surface area contributed by atoms with Gasteiger partial charge >= 0.3 is 5.97 Å². The number of carboxylic acids is 1. The molecule has 2 atom stereocenters. The number of aliphatic carboxylic acids is 1. The molecule has 0 saturated carbocycles. The number of carbonyl (C=O) groups is 1. The highest BCUT2D eigenvalue weighted by atomic mass is 16.5. The highest BCUT2D eigenvalue weighted by Crippen LogP contribution is 2.12. The summed E-state index contributed by atoms with van der Waals surface area (Å²) in [5.74, 6) is -1.02. The van der Waals surface area contributed by atoms with Gasteiger partial charge in [-0.1, -0.05) is 6.58 Å². The fourth-order valence-electron chi connectivity index (χ4n) is 1.64. The molecule has 0 spiro atoms. The summed E-state index contributed by atoms with van der Waals surface area (Å²) in [7, 11) is 0. The van der Waals surface area contributed by atoms with E-state index in [2.05, 4.69) is 6.58 Å². The first-order valence-corrected chi connectivity index (χ1v) is 5.88. The van der Waals surface area contributed by atoms with Crippen LogP contribution in [0.2, 0.25) is 0 Å². The van der Waals surface area contributed by atoms with Crippen molar-refractivity contribution >= 4 is 5.97 Å². The van der Waals surface area contributed by atoms with Crippen molar-refractivity contribution in [1.29, 1.82) is 0 Å². The summed E-state index contributed by atoms with van der Waals surface area (Å²) >= 11 is 0. The molecule has 5 nitrogen and oxygen atoms in total. The molecule has 0 aromatic carbocycles. The Labute approximate surface area is 101 Å². The van der Waals surface area contributed by atoms with Crippen LogP contribution in [0.4, 0.5) is 0 Å². The Morgan fingerprint density at radius 2 is 2.35 bits per heavy atom. The highest BCUT2D eigenvalue weighted by Gasteiger charge is 2.16. The minimum Gasteiger partial charge on any atom is -0.478 e. The molecule has 0 amide bonds. The number of hydrogen-bond acceptors (Lipinski definition) is 4. The summed E-state index contributed by atoms with van der Waals surface area (Å²) in [6, 6.07) is 0. The minimum atomic E-state index is -1.02. The zero-order valence-corrected chi connectivity index (χ0v) is 9.93. The van der Waals surface area contributed by atoms with Gasteiger partial charge in [-0.05, 0) is 25.7 Å². The fraction of sp³-hybridized carbons (Fsp3) is 0.750. The molecule has 5 heteroatoms. The molecule has 2 unspecified atom stereocenters. The quantitative estimate of drug-likeness (QED) is 0.622. The third kappa shape index (κ3) is 5.81. The molecule has 17 heavy (non-hydrogen) atoms. The van der Waals surface area contributed by atoms with Crippen LogP contribution in [0, 0.1) is 0 Å². The average Bonchev–Trinajstić information content (AvgIpc) is 2.78. The first-order valence-electron chi connectivity index (χ1n) is 5.88. The maximum atomic E-state index is 10.5. The zero-order chi connectivity index (χ0) is 12.7. The number of rotatable bonds is 8. The molecule has 1 aliphatic rings. The van der Waals surface area contributed by atoms with E-state index >= 15 is 0 Å². The lowest BCUT2D eigenvalue weighted by molar-refractivity contribution is -0.132. The molecule has 1 heterocycles. The van der Waals surface area contributed by atoms with Gasteiger partial charge in [0.2, 0.25) is 0 Å². The second-order valence-corrected chi connectivity index (χ2v) is 4.27. The van der Waals surface area contributed by atoms with E-state index in [4.69, 9.17) is 14.6 Å². The van der Waals surface area contributed by atoms with Crippen molar-refractivity contribution < 1.29 is 24.5 Å². The maximum Gasteiger partial charge on any atom is 0.330 e. The predicted molar refractivity (Wildman–Crippen MR) is 61.8 cm³/mol. The zero-order valence-electron chi connectivity index (χ0n) is 9.93. The van der Waals surface area contributed by atoms with Crippen molar-refractivity contribution in [1.82, 2.24) is 0 Å². The first kappa shape index (κ1) is 14.2. The van der Waals surface area contributed by atoms with Gasteiger partial charge in [-0.2, -0.15) is 0 Å². The van der Waals surface area contributed by atoms with Crippen LogP contribution in [0.3, 0.4) is 0 Å². The molecule has 98 valence electrons. The fourth-order valence-corrected chi connectivity index (χ4v) is 1.64. The smallest absolute Gasteiger partial charge is 0.330 e. The third-order valence-electron chi connectivity index (χ3n) is 2.72. The van der Waals surface area contributed by atoms with Crippen molar-refractivity contribution in [3.63, 3.8) is 0 Å². The van der Waals surface area contributed by atoms with Crippen LogP contribution in [0.5, 0.6) is 0 Å². The third-order valence-corrected chi connectivity index (χ3v) is 2.72. The molecular formula is C12H20O5. The van der Waals surface area contributed by atoms with Crippen molar-refractivity contribution in [3.8, 4) is 0 Å². The lowest BCUT2D eigenvalue weighted by Gasteiger charge is -2.13. The summed E-state index contributed by atoms with van der Waals surface area (Å²) in [4.78, 5) is 10.5. The van der Waals surface area contributed by atoms with Crippen molar-refractivity contribution in [2.45, 2.75) is 37.9 Å². The van der Waals surface area contributed by atoms with Crippen LogP contribution >= 0.6 is 0 Å². The van der Waals surface area contributed by atoms with Crippen molar-refractivity contribution in [3.05, 3.63) is 12.2 Å². The minimum absolute atomic E-state index is 0.114. The molecule has 2 N–H and O–H groups in total. The monoisotopic (exact) mass is 244 g/mol. The standard InChI is InChI=1S/C12H20O5/c1-9(12(14)15)4-5-10(13)7-16-8-11-3-2-6-17-11/h10-11,13H,1-8H2,(H,14,15). The second-order valence-electron chi connectivity index (χ2n) is 4.27. The van der Waals surface area contributed by atoms with E-state index in [-0.39, 0.29) is 24.7 Å². The Bertz CT molecular complexity index is 258. The summed E-state index contributed by atoms with van der Waals surface area (Å²) in [6.45, 7) is 4.90. The lowest BCUT2D eigenvalue weighted by atomic mass is 10.1. The summed E-state index contributed by atoms with van der Waals surface area (Å²) in [5, 5.41) is 18.1. The average molecular weight is 244 g/mol. The van der Waals surface area contributed by atoms with E-state index in [1.807, 2.05) is 0 Å². The molecule has 1 aliphatic heterocycles. The Balaban J connectivity index is 2.02. The highest BCUT2D eigenvalue weighted by molar-refractivity contribution is 5.85. The van der Waals surface area contributed by atoms with E-state index in [9.17, 15) is 9.90 Å². The Morgan fingerprint density at radius 3 is 2.94 bits per heavy atom. The Morgan fingerprint density at radius 1 is 1.59 bits per heavy atom. The van der Waals surface area contributed by atoms with E-state index < -0.39 is 12.1 Å². The largest absolute Gasteiger partial charge is 0.478 e. The number of carboxylic acid groups (broad SMARTS) is 1. The van der Waals surface area contributed by atoms with E-state index in [1.54, 1.807) is 0 Å².